The fourth-order valence-corrected chi connectivity index (χ4v) is 3.01. The Morgan fingerprint density at radius 1 is 1.32 bits per heavy atom. The van der Waals surface area contributed by atoms with Crippen molar-refractivity contribution in [3.05, 3.63) is 40.4 Å². The molecule has 0 bridgehead atoms. The van der Waals surface area contributed by atoms with Gasteiger partial charge in [-0.05, 0) is 50.9 Å². The van der Waals surface area contributed by atoms with Crippen LogP contribution in [0.2, 0.25) is 0 Å². The van der Waals surface area contributed by atoms with Crippen LogP contribution in [0.25, 0.3) is 5.65 Å². The molecule has 1 saturated heterocycles. The third kappa shape index (κ3) is 2.59. The van der Waals surface area contributed by atoms with Gasteiger partial charge in [0.1, 0.15) is 5.65 Å². The molecule has 0 unspecified atom stereocenters. The maximum Gasteiger partial charge on any atom is 0.256 e. The van der Waals surface area contributed by atoms with Crippen molar-refractivity contribution in [1.82, 2.24) is 14.3 Å². The van der Waals surface area contributed by atoms with Crippen LogP contribution < -0.4 is 5.56 Å². The van der Waals surface area contributed by atoms with E-state index in [1.807, 2.05) is 12.3 Å². The van der Waals surface area contributed by atoms with Crippen molar-refractivity contribution < 1.29 is 0 Å². The molecule has 3 heterocycles. The maximum absolute atomic E-state index is 11.7. The molecule has 1 N–H and O–H groups in total. The van der Waals surface area contributed by atoms with Crippen LogP contribution in [0.4, 0.5) is 0 Å². The van der Waals surface area contributed by atoms with Crippen molar-refractivity contribution in [2.45, 2.75) is 26.2 Å². The van der Waals surface area contributed by atoms with E-state index in [1.54, 1.807) is 16.5 Å². The average Bonchev–Trinajstić information content (AvgIpc) is 2.84. The minimum Gasteiger partial charge on any atom is -0.343 e. The number of rotatable bonds is 3. The summed E-state index contributed by atoms with van der Waals surface area (Å²) in [5, 5.41) is 0. The molecule has 4 nitrogen and oxygen atoms in total. The van der Waals surface area contributed by atoms with Crippen LogP contribution in [0.5, 0.6) is 0 Å². The number of hydrogen-bond acceptors (Lipinski definition) is 2. The Morgan fingerprint density at radius 2 is 2.11 bits per heavy atom. The molecule has 0 aromatic carbocycles. The Morgan fingerprint density at radius 3 is 2.79 bits per heavy atom. The summed E-state index contributed by atoms with van der Waals surface area (Å²) in [4.78, 5) is 17.6. The predicted molar refractivity (Wildman–Crippen MR) is 76.6 cm³/mol. The minimum absolute atomic E-state index is 0.0424. The Kier molecular flexibility index (Phi) is 3.42. The van der Waals surface area contributed by atoms with Gasteiger partial charge in [-0.15, -0.1) is 0 Å². The zero-order chi connectivity index (χ0) is 13.2. The van der Waals surface area contributed by atoms with Gasteiger partial charge < -0.3 is 9.88 Å². The summed E-state index contributed by atoms with van der Waals surface area (Å²) in [5.41, 5.74) is 2.12. The second kappa shape index (κ2) is 5.21. The number of imidazole rings is 1. The third-order valence-electron chi connectivity index (χ3n) is 4.23. The van der Waals surface area contributed by atoms with Crippen LogP contribution in [-0.4, -0.2) is 33.9 Å². The van der Waals surface area contributed by atoms with Gasteiger partial charge in [-0.1, -0.05) is 13.0 Å². The fourth-order valence-electron chi connectivity index (χ4n) is 3.01. The lowest BCUT2D eigenvalue weighted by Crippen LogP contribution is -2.34. The zero-order valence-corrected chi connectivity index (χ0v) is 11.4. The number of aromatic amines is 1. The lowest BCUT2D eigenvalue weighted by molar-refractivity contribution is 0.191. The maximum atomic E-state index is 11.7. The van der Waals surface area contributed by atoms with Crippen LogP contribution in [0.3, 0.4) is 0 Å². The Hall–Kier alpha value is -1.55. The van der Waals surface area contributed by atoms with Crippen LogP contribution >= 0.6 is 0 Å². The summed E-state index contributed by atoms with van der Waals surface area (Å²) < 4.78 is 1.70. The largest absolute Gasteiger partial charge is 0.343 e. The Labute approximate surface area is 113 Å². The monoisotopic (exact) mass is 259 g/mol. The normalized spacial score (nSPS) is 18.2. The highest BCUT2D eigenvalue weighted by molar-refractivity contribution is 5.39. The van der Waals surface area contributed by atoms with Crippen molar-refractivity contribution >= 4 is 5.65 Å². The van der Waals surface area contributed by atoms with Gasteiger partial charge in [-0.3, -0.25) is 9.20 Å². The molecule has 102 valence electrons. The van der Waals surface area contributed by atoms with Gasteiger partial charge in [0.2, 0.25) is 0 Å². The first-order chi connectivity index (χ1) is 9.26. The number of H-pyrrole nitrogens is 1. The number of aromatic nitrogens is 2. The van der Waals surface area contributed by atoms with Gasteiger partial charge in [0.15, 0.2) is 0 Å². The number of pyridine rings is 1. The Bertz CT molecular complexity index is 605. The summed E-state index contributed by atoms with van der Waals surface area (Å²) in [5.74, 6) is 0.742. The highest BCUT2D eigenvalue weighted by Gasteiger charge is 2.19. The molecule has 1 fully saturated rings. The van der Waals surface area contributed by atoms with Gasteiger partial charge >= 0.3 is 0 Å². The molecule has 1 aliphatic rings. The van der Waals surface area contributed by atoms with E-state index in [0.717, 1.165) is 24.5 Å². The van der Waals surface area contributed by atoms with Crippen molar-refractivity contribution in [1.29, 1.82) is 0 Å². The van der Waals surface area contributed by atoms with E-state index in [9.17, 15) is 4.79 Å². The molecule has 0 atom stereocenters. The summed E-state index contributed by atoms with van der Waals surface area (Å²) in [6.45, 7) is 5.81. The van der Waals surface area contributed by atoms with Crippen LogP contribution in [0.1, 0.15) is 25.5 Å². The average molecular weight is 259 g/mol. The molecular formula is C15H21N3O. The highest BCUT2D eigenvalue weighted by atomic mass is 16.1. The predicted octanol–water partition coefficient (Wildman–Crippen LogP) is 1.90. The van der Waals surface area contributed by atoms with E-state index in [2.05, 4.69) is 16.8 Å². The van der Waals surface area contributed by atoms with E-state index < -0.39 is 0 Å². The SMILES string of the molecule is CCN1CCC(Cc2cn3c(=O)cccc3[nH]2)CC1. The third-order valence-corrected chi connectivity index (χ3v) is 4.23. The van der Waals surface area contributed by atoms with Gasteiger partial charge in [0.05, 0.1) is 0 Å². The molecular weight excluding hydrogens is 238 g/mol. The standard InChI is InChI=1S/C15H21N3O/c1-2-17-8-6-12(7-9-17)10-13-11-18-14(16-13)4-3-5-15(18)19/h3-5,11-12,16H,2,6-10H2,1H3. The fraction of sp³-hybridized carbons (Fsp3) is 0.533. The van der Waals surface area contributed by atoms with Gasteiger partial charge in [0, 0.05) is 18.0 Å². The quantitative estimate of drug-likeness (QED) is 0.914. The number of fused-ring (bicyclic) bond motifs is 1. The van der Waals surface area contributed by atoms with E-state index in [4.69, 9.17) is 0 Å². The van der Waals surface area contributed by atoms with E-state index >= 15 is 0 Å². The van der Waals surface area contributed by atoms with Crippen molar-refractivity contribution in [3.8, 4) is 0 Å². The first-order valence-electron chi connectivity index (χ1n) is 7.18. The summed E-state index contributed by atoms with van der Waals surface area (Å²) >= 11 is 0. The molecule has 3 rings (SSSR count). The Balaban J connectivity index is 1.72. The lowest BCUT2D eigenvalue weighted by Gasteiger charge is -2.30. The van der Waals surface area contributed by atoms with Crippen molar-refractivity contribution in [2.24, 2.45) is 5.92 Å². The topological polar surface area (TPSA) is 40.5 Å². The number of likely N-dealkylation sites (tertiary alicyclic amines) is 1. The van der Waals surface area contributed by atoms with Gasteiger partial charge in [-0.25, -0.2) is 0 Å². The van der Waals surface area contributed by atoms with E-state index in [-0.39, 0.29) is 5.56 Å². The molecule has 0 spiro atoms. The van der Waals surface area contributed by atoms with Gasteiger partial charge in [-0.2, -0.15) is 0 Å². The molecule has 0 aliphatic carbocycles. The summed E-state index contributed by atoms with van der Waals surface area (Å²) in [7, 11) is 0. The molecule has 1 aliphatic heterocycles. The zero-order valence-electron chi connectivity index (χ0n) is 11.4. The number of nitrogens with one attached hydrogen (secondary N) is 1. The second-order valence-corrected chi connectivity index (χ2v) is 5.48. The molecule has 2 aromatic rings. The molecule has 0 amide bonds. The van der Waals surface area contributed by atoms with Crippen molar-refractivity contribution in [3.63, 3.8) is 0 Å². The van der Waals surface area contributed by atoms with Crippen LogP contribution in [0, 0.1) is 5.92 Å². The summed E-state index contributed by atoms with van der Waals surface area (Å²) in [6, 6.07) is 5.35. The number of nitrogens with zero attached hydrogens (tertiary/aromatic N) is 2. The van der Waals surface area contributed by atoms with Gasteiger partial charge in [0.25, 0.3) is 5.56 Å². The second-order valence-electron chi connectivity index (χ2n) is 5.48. The molecule has 0 saturated carbocycles. The minimum atomic E-state index is 0.0424. The van der Waals surface area contributed by atoms with Crippen LogP contribution in [0.15, 0.2) is 29.2 Å². The van der Waals surface area contributed by atoms with Crippen molar-refractivity contribution in [2.75, 3.05) is 19.6 Å². The number of piperidine rings is 1. The molecule has 2 aromatic heterocycles. The molecule has 0 radical (unpaired) electrons. The van der Waals surface area contributed by atoms with Crippen LogP contribution in [-0.2, 0) is 6.42 Å². The molecule has 4 heteroatoms. The van der Waals surface area contributed by atoms with E-state index in [1.165, 1.54) is 31.6 Å². The first-order valence-corrected chi connectivity index (χ1v) is 7.18. The first kappa shape index (κ1) is 12.5. The van der Waals surface area contributed by atoms with E-state index in [0.29, 0.717) is 0 Å². The lowest BCUT2D eigenvalue weighted by atomic mass is 9.92. The highest BCUT2D eigenvalue weighted by Crippen LogP contribution is 2.21. The smallest absolute Gasteiger partial charge is 0.256 e. The molecule has 19 heavy (non-hydrogen) atoms. The summed E-state index contributed by atoms with van der Waals surface area (Å²) in [6.07, 6.45) is 5.54. The number of hydrogen-bond donors (Lipinski definition) is 1.